The average Bonchev–Trinajstić information content (AvgIpc) is 2.78. The van der Waals surface area contributed by atoms with Crippen molar-refractivity contribution in [3.8, 4) is 0 Å². The molecule has 0 amide bonds. The summed E-state index contributed by atoms with van der Waals surface area (Å²) in [6, 6.07) is 10.4. The Morgan fingerprint density at radius 2 is 2.06 bits per heavy atom. The second-order valence-corrected chi connectivity index (χ2v) is 4.05. The molecule has 1 aromatic carbocycles. The Morgan fingerprint density at radius 1 is 1.38 bits per heavy atom. The van der Waals surface area contributed by atoms with Gasteiger partial charge in [0.1, 0.15) is 4.99 Å². The van der Waals surface area contributed by atoms with E-state index in [4.69, 9.17) is 18.0 Å². The largest absolute Gasteiger partial charge is 0.387 e. The Balaban J connectivity index is 2.38. The average molecular weight is 231 g/mol. The highest BCUT2D eigenvalue weighted by Gasteiger charge is 2.12. The van der Waals surface area contributed by atoms with Gasteiger partial charge in [0.05, 0.1) is 6.04 Å². The van der Waals surface area contributed by atoms with Crippen LogP contribution in [0.2, 0.25) is 0 Å². The molecule has 1 aromatic heterocycles. The fraction of sp³-hybridized carbons (Fsp3) is 0.167. The van der Waals surface area contributed by atoms with Crippen LogP contribution in [-0.4, -0.2) is 14.5 Å². The quantitative estimate of drug-likeness (QED) is 0.823. The molecule has 0 aliphatic rings. The Morgan fingerprint density at radius 3 is 2.69 bits per heavy atom. The van der Waals surface area contributed by atoms with E-state index in [-0.39, 0.29) is 6.04 Å². The number of nitrogens with two attached hydrogens (primary N) is 1. The third-order valence-corrected chi connectivity index (χ3v) is 2.77. The van der Waals surface area contributed by atoms with Gasteiger partial charge >= 0.3 is 0 Å². The summed E-state index contributed by atoms with van der Waals surface area (Å²) in [5.74, 6) is 0.659. The molecule has 2 aromatic rings. The molecular weight excluding hydrogens is 218 g/mol. The van der Waals surface area contributed by atoms with Gasteiger partial charge in [-0.1, -0.05) is 42.5 Å². The van der Waals surface area contributed by atoms with E-state index < -0.39 is 0 Å². The molecule has 82 valence electrons. The van der Waals surface area contributed by atoms with E-state index in [0.29, 0.717) is 10.8 Å². The third kappa shape index (κ3) is 1.97. The summed E-state index contributed by atoms with van der Waals surface area (Å²) in [4.78, 5) is 4.49. The van der Waals surface area contributed by atoms with Crippen molar-refractivity contribution in [1.82, 2.24) is 9.55 Å². The molecule has 1 unspecified atom stereocenters. The van der Waals surface area contributed by atoms with Crippen molar-refractivity contribution in [1.29, 1.82) is 0 Å². The molecule has 0 aliphatic heterocycles. The van der Waals surface area contributed by atoms with Crippen molar-refractivity contribution in [2.75, 3.05) is 0 Å². The van der Waals surface area contributed by atoms with Gasteiger partial charge in [-0.05, 0) is 12.5 Å². The summed E-state index contributed by atoms with van der Waals surface area (Å²) in [6.45, 7) is 2.10. The predicted molar refractivity (Wildman–Crippen MR) is 68.4 cm³/mol. The molecule has 2 rings (SSSR count). The minimum Gasteiger partial charge on any atom is -0.387 e. The standard InChI is InChI=1S/C12H13N3S/c1-9(10-5-3-2-4-6-10)15-8-7-14-12(15)11(13)16/h2-9H,1H3,(H2,13,16). The van der Waals surface area contributed by atoms with Gasteiger partial charge in [0, 0.05) is 12.4 Å². The van der Waals surface area contributed by atoms with Crippen molar-refractivity contribution >= 4 is 17.2 Å². The topological polar surface area (TPSA) is 43.8 Å². The van der Waals surface area contributed by atoms with Crippen LogP contribution >= 0.6 is 12.2 Å². The van der Waals surface area contributed by atoms with Crippen molar-refractivity contribution in [2.24, 2.45) is 5.73 Å². The summed E-state index contributed by atoms with van der Waals surface area (Å²) in [7, 11) is 0. The molecule has 2 N–H and O–H groups in total. The van der Waals surface area contributed by atoms with E-state index >= 15 is 0 Å². The van der Waals surface area contributed by atoms with Gasteiger partial charge in [0.2, 0.25) is 0 Å². The summed E-state index contributed by atoms with van der Waals surface area (Å²) < 4.78 is 1.98. The fourth-order valence-corrected chi connectivity index (χ4v) is 1.87. The van der Waals surface area contributed by atoms with E-state index in [1.165, 1.54) is 5.56 Å². The lowest BCUT2D eigenvalue weighted by atomic mass is 10.1. The maximum atomic E-state index is 5.62. The number of rotatable bonds is 3. The zero-order chi connectivity index (χ0) is 11.5. The minimum atomic E-state index is 0.181. The monoisotopic (exact) mass is 231 g/mol. The van der Waals surface area contributed by atoms with Crippen LogP contribution in [0.3, 0.4) is 0 Å². The van der Waals surface area contributed by atoms with Gasteiger partial charge < -0.3 is 10.3 Å². The molecule has 0 saturated heterocycles. The molecule has 0 saturated carbocycles. The molecule has 0 bridgehead atoms. The van der Waals surface area contributed by atoms with Crippen molar-refractivity contribution in [3.05, 3.63) is 54.1 Å². The number of hydrogen-bond acceptors (Lipinski definition) is 2. The second-order valence-electron chi connectivity index (χ2n) is 3.61. The van der Waals surface area contributed by atoms with Crippen LogP contribution in [0.15, 0.2) is 42.7 Å². The molecule has 16 heavy (non-hydrogen) atoms. The van der Waals surface area contributed by atoms with Crippen LogP contribution in [0.5, 0.6) is 0 Å². The van der Waals surface area contributed by atoms with Gasteiger partial charge in [-0.25, -0.2) is 4.98 Å². The van der Waals surface area contributed by atoms with Crippen molar-refractivity contribution in [3.63, 3.8) is 0 Å². The molecule has 0 fully saturated rings. The summed E-state index contributed by atoms with van der Waals surface area (Å²) in [6.07, 6.45) is 3.61. The predicted octanol–water partition coefficient (Wildman–Crippen LogP) is 2.13. The van der Waals surface area contributed by atoms with Crippen LogP contribution in [0, 0.1) is 0 Å². The maximum Gasteiger partial charge on any atom is 0.167 e. The lowest BCUT2D eigenvalue weighted by molar-refractivity contribution is 0.633. The van der Waals surface area contributed by atoms with E-state index in [2.05, 4.69) is 24.0 Å². The number of thiocarbonyl (C=S) groups is 1. The van der Waals surface area contributed by atoms with Gasteiger partial charge in [-0.2, -0.15) is 0 Å². The molecule has 0 aliphatic carbocycles. The van der Waals surface area contributed by atoms with E-state index in [0.717, 1.165) is 0 Å². The lowest BCUT2D eigenvalue weighted by Gasteiger charge is -2.16. The van der Waals surface area contributed by atoms with Crippen LogP contribution in [-0.2, 0) is 0 Å². The van der Waals surface area contributed by atoms with Gasteiger partial charge in [-0.15, -0.1) is 0 Å². The Bertz CT molecular complexity index is 490. The normalized spacial score (nSPS) is 12.3. The van der Waals surface area contributed by atoms with Crippen molar-refractivity contribution in [2.45, 2.75) is 13.0 Å². The van der Waals surface area contributed by atoms with Gasteiger partial charge in [-0.3, -0.25) is 0 Å². The molecule has 4 heteroatoms. The summed E-state index contributed by atoms with van der Waals surface area (Å²) >= 11 is 4.97. The first-order valence-electron chi connectivity index (χ1n) is 5.07. The van der Waals surface area contributed by atoms with Crippen LogP contribution < -0.4 is 5.73 Å². The van der Waals surface area contributed by atoms with E-state index in [1.54, 1.807) is 6.20 Å². The number of hydrogen-bond donors (Lipinski definition) is 1. The zero-order valence-corrected chi connectivity index (χ0v) is 9.82. The Labute approximate surface area is 99.9 Å². The molecule has 0 radical (unpaired) electrons. The Kier molecular flexibility index (Phi) is 3.01. The first-order valence-corrected chi connectivity index (χ1v) is 5.48. The highest BCUT2D eigenvalue weighted by molar-refractivity contribution is 7.80. The van der Waals surface area contributed by atoms with Crippen LogP contribution in [0.25, 0.3) is 0 Å². The molecule has 1 heterocycles. The van der Waals surface area contributed by atoms with Gasteiger partial charge in [0.15, 0.2) is 5.82 Å². The number of aromatic nitrogens is 2. The van der Waals surface area contributed by atoms with E-state index in [9.17, 15) is 0 Å². The van der Waals surface area contributed by atoms with Gasteiger partial charge in [0.25, 0.3) is 0 Å². The first-order chi connectivity index (χ1) is 7.70. The zero-order valence-electron chi connectivity index (χ0n) is 9.00. The van der Waals surface area contributed by atoms with E-state index in [1.807, 2.05) is 29.0 Å². The highest BCUT2D eigenvalue weighted by atomic mass is 32.1. The summed E-state index contributed by atoms with van der Waals surface area (Å²) in [5.41, 5.74) is 6.83. The molecule has 0 spiro atoms. The summed E-state index contributed by atoms with van der Waals surface area (Å²) in [5, 5.41) is 0. The maximum absolute atomic E-state index is 5.62. The smallest absolute Gasteiger partial charge is 0.167 e. The number of nitrogens with zero attached hydrogens (tertiary/aromatic N) is 2. The fourth-order valence-electron chi connectivity index (χ4n) is 1.71. The number of benzene rings is 1. The van der Waals surface area contributed by atoms with Crippen molar-refractivity contribution < 1.29 is 0 Å². The lowest BCUT2D eigenvalue weighted by Crippen LogP contribution is -2.19. The molecule has 3 nitrogen and oxygen atoms in total. The van der Waals surface area contributed by atoms with Crippen LogP contribution in [0.1, 0.15) is 24.4 Å². The third-order valence-electron chi connectivity index (χ3n) is 2.59. The number of imidazole rings is 1. The highest BCUT2D eigenvalue weighted by Crippen LogP contribution is 2.18. The molecule has 1 atom stereocenters. The first kappa shape index (κ1) is 10.8. The SMILES string of the molecule is CC(c1ccccc1)n1ccnc1C(N)=S. The second kappa shape index (κ2) is 4.45. The Hall–Kier alpha value is -1.68. The molecular formula is C12H13N3S. The minimum absolute atomic E-state index is 0.181. The van der Waals surface area contributed by atoms with Crippen LogP contribution in [0.4, 0.5) is 0 Å².